The minimum atomic E-state index is -0.553. The van der Waals surface area contributed by atoms with Crippen LogP contribution < -0.4 is 4.74 Å². The lowest BCUT2D eigenvalue weighted by molar-refractivity contribution is 0.111. The molecule has 1 aromatic carbocycles. The first-order valence-corrected chi connectivity index (χ1v) is 10.5. The first kappa shape index (κ1) is 26.6. The van der Waals surface area contributed by atoms with Crippen molar-refractivity contribution in [3.63, 3.8) is 0 Å². The third kappa shape index (κ3) is 9.50. The number of likely N-dealkylation sites (tertiary alicyclic amines) is 1. The fourth-order valence-corrected chi connectivity index (χ4v) is 3.29. The van der Waals surface area contributed by atoms with Crippen LogP contribution in [-0.4, -0.2) is 87.2 Å². The van der Waals surface area contributed by atoms with E-state index in [1.165, 1.54) is 12.1 Å². The molecule has 1 aromatic rings. The summed E-state index contributed by atoms with van der Waals surface area (Å²) < 4.78 is 19.2. The second-order valence-corrected chi connectivity index (χ2v) is 7.17. The van der Waals surface area contributed by atoms with Gasteiger partial charge >= 0.3 is 0 Å². The lowest BCUT2D eigenvalue weighted by atomic mass is 10.0. The van der Waals surface area contributed by atoms with Crippen molar-refractivity contribution < 1.29 is 19.0 Å². The third-order valence-corrected chi connectivity index (χ3v) is 5.20. The van der Waals surface area contributed by atoms with Gasteiger partial charge in [0.05, 0.1) is 12.2 Å². The quantitative estimate of drug-likeness (QED) is 0.428. The number of nitrogens with zero attached hydrogens (tertiary/aromatic N) is 4. The van der Waals surface area contributed by atoms with Crippen LogP contribution in [0.2, 0.25) is 0 Å². The highest BCUT2D eigenvalue weighted by Gasteiger charge is 2.21. The van der Waals surface area contributed by atoms with Crippen LogP contribution in [-0.2, 0) is 0 Å². The van der Waals surface area contributed by atoms with Crippen LogP contribution in [0, 0.1) is 5.82 Å². The van der Waals surface area contributed by atoms with Crippen LogP contribution in [0.15, 0.2) is 40.0 Å². The molecule has 31 heavy (non-hydrogen) atoms. The maximum atomic E-state index is 13.6. The average Bonchev–Trinajstić information content (AvgIpc) is 2.80. The van der Waals surface area contributed by atoms with Gasteiger partial charge in [-0.15, -0.1) is 0 Å². The highest BCUT2D eigenvalue weighted by atomic mass is 19.1. The van der Waals surface area contributed by atoms with Gasteiger partial charge in [0.2, 0.25) is 0 Å². The number of hydrogen-bond acceptors (Lipinski definition) is 7. The molecule has 0 amide bonds. The number of halogens is 1. The molecule has 2 rings (SSSR count). The van der Waals surface area contributed by atoms with Gasteiger partial charge in [-0.2, -0.15) is 0 Å². The molecule has 0 radical (unpaired) electrons. The van der Waals surface area contributed by atoms with Gasteiger partial charge in [-0.25, -0.2) is 4.39 Å². The number of ether oxygens (including phenoxy) is 1. The smallest absolute Gasteiger partial charge is 0.152 e. The monoisotopic (exact) mass is 434 g/mol. The van der Waals surface area contributed by atoms with Gasteiger partial charge in [0.15, 0.2) is 6.29 Å². The fraction of sp³-hybridized carbons (Fsp3) is 0.522. The zero-order chi connectivity index (χ0) is 23.1. The summed E-state index contributed by atoms with van der Waals surface area (Å²) in [7, 11) is 3.10. The Bertz CT molecular complexity index is 732. The van der Waals surface area contributed by atoms with Crippen LogP contribution >= 0.6 is 0 Å². The zero-order valence-corrected chi connectivity index (χ0v) is 18.8. The number of piperidine rings is 1. The molecule has 1 saturated heterocycles. The second kappa shape index (κ2) is 15.4. The molecular weight excluding hydrogens is 399 g/mol. The van der Waals surface area contributed by atoms with E-state index in [2.05, 4.69) is 40.5 Å². The van der Waals surface area contributed by atoms with Crippen LogP contribution in [0.4, 0.5) is 4.39 Å². The molecule has 0 aliphatic carbocycles. The lowest BCUT2D eigenvalue weighted by Gasteiger charge is -2.36. The number of allylic oxidation sites excluding steroid dienone is 1. The molecule has 7 nitrogen and oxygen atoms in total. The molecule has 1 N–H and O–H groups in total. The zero-order valence-electron chi connectivity index (χ0n) is 18.8. The Morgan fingerprint density at radius 2 is 2.10 bits per heavy atom. The van der Waals surface area contributed by atoms with E-state index >= 15 is 0 Å². The standard InChI is InChI=1S/C22H31FN4O2.CH4O/c1-4-18(14-24-2)15-25-17-27-9-7-20(8-10-27)26(3)11-12-29-21-6-5-19(16-28)22(23)13-21;1-2/h5-6,13-16,20H,2,4,7-12,17H2,1,3H3;2H,1H3/b18-14-,25-15-;. The minimum Gasteiger partial charge on any atom is -0.492 e. The first-order valence-electron chi connectivity index (χ1n) is 10.5. The highest BCUT2D eigenvalue weighted by Crippen LogP contribution is 2.17. The van der Waals surface area contributed by atoms with Crippen LogP contribution in [0.25, 0.3) is 0 Å². The Hall–Kier alpha value is -2.42. The highest BCUT2D eigenvalue weighted by molar-refractivity contribution is 5.78. The summed E-state index contributed by atoms with van der Waals surface area (Å²) in [4.78, 5) is 23.6. The summed E-state index contributed by atoms with van der Waals surface area (Å²) in [6.07, 6.45) is 7.19. The SMILES string of the molecule is C=N/C=C(\C=N/CN1CCC(N(C)CCOc2ccc(C=O)c(F)c2)CC1)CC.CO. The number of carbonyl (C=O) groups is 1. The first-order chi connectivity index (χ1) is 15.1. The van der Waals surface area contributed by atoms with Crippen molar-refractivity contribution in [2.45, 2.75) is 32.2 Å². The Kier molecular flexibility index (Phi) is 13.2. The number of rotatable bonds is 11. The van der Waals surface area contributed by atoms with Gasteiger partial charge in [-0.05, 0) is 50.7 Å². The number of benzene rings is 1. The summed E-state index contributed by atoms with van der Waals surface area (Å²) in [6, 6.07) is 4.82. The largest absolute Gasteiger partial charge is 0.492 e. The van der Waals surface area contributed by atoms with Crippen molar-refractivity contribution >= 4 is 19.2 Å². The van der Waals surface area contributed by atoms with Crippen LogP contribution in [0.1, 0.15) is 36.5 Å². The van der Waals surface area contributed by atoms with Gasteiger partial charge in [-0.3, -0.25) is 24.6 Å². The van der Waals surface area contributed by atoms with Crippen LogP contribution in [0.3, 0.4) is 0 Å². The van der Waals surface area contributed by atoms with Crippen molar-refractivity contribution in [3.8, 4) is 5.75 Å². The van der Waals surface area contributed by atoms with E-state index in [1.807, 2.05) is 6.21 Å². The molecule has 0 aromatic heterocycles. The number of aldehydes is 1. The second-order valence-electron chi connectivity index (χ2n) is 7.17. The summed E-state index contributed by atoms with van der Waals surface area (Å²) >= 11 is 0. The van der Waals surface area contributed by atoms with Crippen molar-refractivity contribution in [2.75, 3.05) is 47.1 Å². The van der Waals surface area contributed by atoms with E-state index < -0.39 is 5.82 Å². The molecule has 1 fully saturated rings. The van der Waals surface area contributed by atoms with Crippen molar-refractivity contribution in [2.24, 2.45) is 9.98 Å². The Labute approximate surface area is 184 Å². The van der Waals surface area contributed by atoms with Gasteiger partial charge in [-0.1, -0.05) is 6.92 Å². The van der Waals surface area contributed by atoms with Gasteiger partial charge in [0, 0.05) is 51.3 Å². The lowest BCUT2D eigenvalue weighted by Crippen LogP contribution is -2.44. The van der Waals surface area contributed by atoms with E-state index in [0.717, 1.165) is 51.6 Å². The minimum absolute atomic E-state index is 0.0462. The molecular formula is C23H35FN4O3. The maximum absolute atomic E-state index is 13.6. The summed E-state index contributed by atoms with van der Waals surface area (Å²) in [6.45, 7) is 9.52. The molecule has 0 bridgehead atoms. The molecule has 0 saturated carbocycles. The predicted octanol–water partition coefficient (Wildman–Crippen LogP) is 3.04. The number of carbonyl (C=O) groups excluding carboxylic acids is 1. The third-order valence-electron chi connectivity index (χ3n) is 5.20. The summed E-state index contributed by atoms with van der Waals surface area (Å²) in [5.41, 5.74) is 1.13. The summed E-state index contributed by atoms with van der Waals surface area (Å²) in [5, 5.41) is 7.00. The van der Waals surface area contributed by atoms with Crippen molar-refractivity contribution in [3.05, 3.63) is 41.4 Å². The van der Waals surface area contributed by atoms with Gasteiger partial charge in [0.25, 0.3) is 0 Å². The Morgan fingerprint density at radius 1 is 1.39 bits per heavy atom. The van der Waals surface area contributed by atoms with E-state index in [1.54, 1.807) is 12.3 Å². The van der Waals surface area contributed by atoms with Crippen molar-refractivity contribution in [1.82, 2.24) is 9.80 Å². The number of likely N-dealkylation sites (N-methyl/N-ethyl adjacent to an activating group) is 1. The molecule has 1 aliphatic heterocycles. The molecule has 0 unspecified atom stereocenters. The number of hydrogen-bond donors (Lipinski definition) is 1. The molecule has 1 heterocycles. The number of aliphatic hydroxyl groups excluding tert-OH is 1. The molecule has 0 spiro atoms. The van der Waals surface area contributed by atoms with E-state index in [4.69, 9.17) is 9.84 Å². The van der Waals surface area contributed by atoms with E-state index in [-0.39, 0.29) is 5.56 Å². The van der Waals surface area contributed by atoms with E-state index in [9.17, 15) is 9.18 Å². The predicted molar refractivity (Wildman–Crippen MR) is 124 cm³/mol. The van der Waals surface area contributed by atoms with Crippen molar-refractivity contribution in [1.29, 1.82) is 0 Å². The average molecular weight is 435 g/mol. The van der Waals surface area contributed by atoms with Crippen LogP contribution in [0.5, 0.6) is 5.75 Å². The van der Waals surface area contributed by atoms with Gasteiger partial charge in [0.1, 0.15) is 18.2 Å². The molecule has 1 aliphatic rings. The molecule has 172 valence electrons. The van der Waals surface area contributed by atoms with Gasteiger partial charge < -0.3 is 9.84 Å². The summed E-state index contributed by atoms with van der Waals surface area (Å²) in [5.74, 6) is -0.107. The molecule has 0 atom stereocenters. The molecule has 8 heteroatoms. The Morgan fingerprint density at radius 3 is 2.68 bits per heavy atom. The topological polar surface area (TPSA) is 77.7 Å². The number of aliphatic imine (C=N–C) groups is 2. The number of aliphatic hydroxyl groups is 1. The normalized spacial score (nSPS) is 15.6. The Balaban J connectivity index is 0.00000233. The van der Waals surface area contributed by atoms with E-state index in [0.29, 0.717) is 31.4 Å². The fourth-order valence-electron chi connectivity index (χ4n) is 3.29. The maximum Gasteiger partial charge on any atom is 0.152 e.